The van der Waals surface area contributed by atoms with Crippen molar-refractivity contribution in [3.05, 3.63) is 24.3 Å². The third kappa shape index (κ3) is 5.06. The largest absolute Gasteiger partial charge is 0.497 e. The number of hydrogen-bond acceptors (Lipinski definition) is 4. The molecule has 0 atom stereocenters. The van der Waals surface area contributed by atoms with Crippen molar-refractivity contribution in [3.63, 3.8) is 0 Å². The predicted molar refractivity (Wildman–Crippen MR) is 63.6 cm³/mol. The van der Waals surface area contributed by atoms with Crippen LogP contribution in [-0.4, -0.2) is 32.6 Å². The van der Waals surface area contributed by atoms with Crippen LogP contribution in [0.15, 0.2) is 29.2 Å². The lowest BCUT2D eigenvalue weighted by Gasteiger charge is -2.04. The van der Waals surface area contributed by atoms with Crippen LogP contribution in [0.3, 0.4) is 0 Å². The molecule has 0 heterocycles. The summed E-state index contributed by atoms with van der Waals surface area (Å²) in [6.45, 7) is 1.98. The summed E-state index contributed by atoms with van der Waals surface area (Å²) in [5, 5.41) is 0. The molecule has 0 saturated heterocycles. The number of rotatable bonds is 7. The minimum atomic E-state index is 0.590. The van der Waals surface area contributed by atoms with Gasteiger partial charge in [-0.05, 0) is 24.3 Å². The highest BCUT2D eigenvalue weighted by atomic mass is 32.2. The van der Waals surface area contributed by atoms with E-state index in [4.69, 9.17) is 15.2 Å². The highest BCUT2D eigenvalue weighted by Crippen LogP contribution is 2.20. The lowest BCUT2D eigenvalue weighted by Crippen LogP contribution is -2.09. The molecule has 0 unspecified atom stereocenters. The maximum absolute atomic E-state index is 5.31. The van der Waals surface area contributed by atoms with Crippen molar-refractivity contribution < 1.29 is 9.47 Å². The zero-order valence-electron chi connectivity index (χ0n) is 8.94. The smallest absolute Gasteiger partial charge is 0.118 e. The van der Waals surface area contributed by atoms with E-state index in [1.165, 1.54) is 4.90 Å². The average molecular weight is 227 g/mol. The third-order valence-electron chi connectivity index (χ3n) is 1.82. The fraction of sp³-hybridized carbons (Fsp3) is 0.455. The highest BCUT2D eigenvalue weighted by molar-refractivity contribution is 7.99. The van der Waals surface area contributed by atoms with Gasteiger partial charge in [0.2, 0.25) is 0 Å². The van der Waals surface area contributed by atoms with Crippen LogP contribution in [0.4, 0.5) is 0 Å². The maximum Gasteiger partial charge on any atom is 0.118 e. The molecule has 0 bridgehead atoms. The van der Waals surface area contributed by atoms with Crippen LogP contribution in [0.25, 0.3) is 0 Å². The summed E-state index contributed by atoms with van der Waals surface area (Å²) in [7, 11) is 1.67. The molecule has 3 nitrogen and oxygen atoms in total. The van der Waals surface area contributed by atoms with E-state index in [1.54, 1.807) is 18.9 Å². The predicted octanol–water partition coefficient (Wildman–Crippen LogP) is 1.76. The van der Waals surface area contributed by atoms with Crippen molar-refractivity contribution >= 4 is 11.8 Å². The standard InChI is InChI=1S/C11H17NO2S/c1-13-10-2-4-11(5-3-10)15-9-8-14-7-6-12/h2-5H,6-9,12H2,1H3. The van der Waals surface area contributed by atoms with E-state index in [0.29, 0.717) is 13.2 Å². The molecule has 1 aromatic rings. The van der Waals surface area contributed by atoms with Gasteiger partial charge in [-0.1, -0.05) is 0 Å². The van der Waals surface area contributed by atoms with E-state index in [0.717, 1.165) is 18.1 Å². The van der Waals surface area contributed by atoms with Crippen molar-refractivity contribution in [2.24, 2.45) is 5.73 Å². The van der Waals surface area contributed by atoms with Gasteiger partial charge in [0.15, 0.2) is 0 Å². The number of nitrogens with two attached hydrogens (primary N) is 1. The zero-order chi connectivity index (χ0) is 10.9. The van der Waals surface area contributed by atoms with Gasteiger partial charge in [-0.15, -0.1) is 11.8 Å². The molecule has 1 aromatic carbocycles. The normalized spacial score (nSPS) is 10.3. The van der Waals surface area contributed by atoms with E-state index >= 15 is 0 Å². The number of hydrogen-bond donors (Lipinski definition) is 1. The minimum Gasteiger partial charge on any atom is -0.497 e. The number of ether oxygens (including phenoxy) is 2. The fourth-order valence-corrected chi connectivity index (χ4v) is 1.84. The topological polar surface area (TPSA) is 44.5 Å². The van der Waals surface area contributed by atoms with E-state index in [2.05, 4.69) is 0 Å². The van der Waals surface area contributed by atoms with E-state index in [1.807, 2.05) is 24.3 Å². The molecule has 15 heavy (non-hydrogen) atoms. The second-order valence-electron chi connectivity index (χ2n) is 2.93. The molecule has 0 aliphatic carbocycles. The van der Waals surface area contributed by atoms with Crippen LogP contribution in [0.1, 0.15) is 0 Å². The summed E-state index contributed by atoms with van der Waals surface area (Å²) < 4.78 is 10.4. The molecule has 2 N–H and O–H groups in total. The van der Waals surface area contributed by atoms with E-state index in [9.17, 15) is 0 Å². The van der Waals surface area contributed by atoms with Gasteiger partial charge in [0.1, 0.15) is 5.75 Å². The lowest BCUT2D eigenvalue weighted by atomic mass is 10.3. The Morgan fingerprint density at radius 3 is 2.53 bits per heavy atom. The first-order valence-corrected chi connectivity index (χ1v) is 5.90. The number of methoxy groups -OCH3 is 1. The number of benzene rings is 1. The summed E-state index contributed by atoms with van der Waals surface area (Å²) in [5.41, 5.74) is 5.31. The van der Waals surface area contributed by atoms with Crippen LogP contribution >= 0.6 is 11.8 Å². The fourth-order valence-electron chi connectivity index (χ4n) is 1.08. The van der Waals surface area contributed by atoms with Gasteiger partial charge in [0, 0.05) is 17.2 Å². The monoisotopic (exact) mass is 227 g/mol. The van der Waals surface area contributed by atoms with Gasteiger partial charge >= 0.3 is 0 Å². The minimum absolute atomic E-state index is 0.590. The molecule has 0 amide bonds. The molecule has 0 aromatic heterocycles. The highest BCUT2D eigenvalue weighted by Gasteiger charge is 1.95. The number of thioether (sulfide) groups is 1. The molecule has 0 saturated carbocycles. The quantitative estimate of drug-likeness (QED) is 0.569. The molecule has 0 radical (unpaired) electrons. The second kappa shape index (κ2) is 7.56. The van der Waals surface area contributed by atoms with Gasteiger partial charge in [0.25, 0.3) is 0 Å². The first kappa shape index (κ1) is 12.4. The van der Waals surface area contributed by atoms with Gasteiger partial charge in [-0.2, -0.15) is 0 Å². The van der Waals surface area contributed by atoms with Gasteiger partial charge in [0.05, 0.1) is 20.3 Å². The molecule has 4 heteroatoms. The Hall–Kier alpha value is -0.710. The van der Waals surface area contributed by atoms with Crippen molar-refractivity contribution in [2.45, 2.75) is 4.90 Å². The van der Waals surface area contributed by atoms with E-state index in [-0.39, 0.29) is 0 Å². The molecular formula is C11H17NO2S. The Balaban J connectivity index is 2.20. The van der Waals surface area contributed by atoms with Crippen molar-refractivity contribution in [2.75, 3.05) is 32.6 Å². The Kier molecular flexibility index (Phi) is 6.23. The Morgan fingerprint density at radius 2 is 1.93 bits per heavy atom. The molecule has 0 aliphatic rings. The lowest BCUT2D eigenvalue weighted by molar-refractivity contribution is 0.158. The SMILES string of the molecule is COc1ccc(SCCOCCN)cc1. The van der Waals surface area contributed by atoms with Crippen LogP contribution < -0.4 is 10.5 Å². The Bertz CT molecular complexity index is 264. The molecule has 0 aliphatic heterocycles. The first-order chi connectivity index (χ1) is 7.36. The molecule has 1 rings (SSSR count). The third-order valence-corrected chi connectivity index (χ3v) is 2.79. The molecule has 0 fully saturated rings. The summed E-state index contributed by atoms with van der Waals surface area (Å²) >= 11 is 1.77. The van der Waals surface area contributed by atoms with Crippen LogP contribution in [0, 0.1) is 0 Å². The second-order valence-corrected chi connectivity index (χ2v) is 4.09. The summed E-state index contributed by atoms with van der Waals surface area (Å²) in [6.07, 6.45) is 0. The zero-order valence-corrected chi connectivity index (χ0v) is 9.76. The van der Waals surface area contributed by atoms with Crippen molar-refractivity contribution in [1.82, 2.24) is 0 Å². The van der Waals surface area contributed by atoms with Gasteiger partial charge in [-0.3, -0.25) is 0 Å². The first-order valence-electron chi connectivity index (χ1n) is 4.91. The van der Waals surface area contributed by atoms with Crippen LogP contribution in [-0.2, 0) is 4.74 Å². The van der Waals surface area contributed by atoms with Crippen molar-refractivity contribution in [3.8, 4) is 5.75 Å². The Morgan fingerprint density at radius 1 is 1.20 bits per heavy atom. The van der Waals surface area contributed by atoms with E-state index < -0.39 is 0 Å². The maximum atomic E-state index is 5.31. The van der Waals surface area contributed by atoms with Gasteiger partial charge in [-0.25, -0.2) is 0 Å². The van der Waals surface area contributed by atoms with Crippen LogP contribution in [0.5, 0.6) is 5.75 Å². The molecule has 0 spiro atoms. The van der Waals surface area contributed by atoms with Gasteiger partial charge < -0.3 is 15.2 Å². The van der Waals surface area contributed by atoms with Crippen LogP contribution in [0.2, 0.25) is 0 Å². The van der Waals surface area contributed by atoms with Crippen molar-refractivity contribution in [1.29, 1.82) is 0 Å². The molecule has 84 valence electrons. The summed E-state index contributed by atoms with van der Waals surface area (Å²) in [4.78, 5) is 1.23. The Labute approximate surface area is 94.9 Å². The average Bonchev–Trinajstić information content (AvgIpc) is 2.30. The molecular weight excluding hydrogens is 210 g/mol. The summed E-state index contributed by atoms with van der Waals surface area (Å²) in [5.74, 6) is 1.84. The summed E-state index contributed by atoms with van der Waals surface area (Å²) in [6, 6.07) is 8.02.